The van der Waals surface area contributed by atoms with E-state index in [4.69, 9.17) is 0 Å². The Bertz CT molecular complexity index is 1020. The van der Waals surface area contributed by atoms with Crippen molar-refractivity contribution in [2.24, 2.45) is 0 Å². The van der Waals surface area contributed by atoms with Crippen LogP contribution in [-0.4, -0.2) is 44.9 Å². The Morgan fingerprint density at radius 1 is 1.06 bits per heavy atom. The minimum atomic E-state index is -4.75. The molecule has 0 radical (unpaired) electrons. The van der Waals surface area contributed by atoms with Crippen LogP contribution in [0.2, 0.25) is 0 Å². The zero-order chi connectivity index (χ0) is 21.8. The normalized spacial score (nSPS) is 16.9. The Labute approximate surface area is 177 Å². The number of nitrogens with zero attached hydrogens (tertiary/aromatic N) is 4. The van der Waals surface area contributed by atoms with Crippen molar-refractivity contribution in [2.75, 3.05) is 6.54 Å². The molecule has 1 aliphatic heterocycles. The van der Waals surface area contributed by atoms with E-state index in [-0.39, 0.29) is 17.8 Å². The maximum Gasteiger partial charge on any atom is 0.573 e. The third-order valence-corrected chi connectivity index (χ3v) is 5.26. The van der Waals surface area contributed by atoms with E-state index >= 15 is 0 Å². The van der Waals surface area contributed by atoms with Crippen LogP contribution in [0, 0.1) is 0 Å². The van der Waals surface area contributed by atoms with Crippen LogP contribution in [0.3, 0.4) is 0 Å². The molecule has 9 heteroatoms. The lowest BCUT2D eigenvalue weighted by Gasteiger charge is -2.35. The molecule has 1 saturated heterocycles. The van der Waals surface area contributed by atoms with E-state index in [1.54, 1.807) is 0 Å². The van der Waals surface area contributed by atoms with E-state index in [2.05, 4.69) is 27.2 Å². The fraction of sp³-hybridized carbons (Fsp3) is 0.318. The summed E-state index contributed by atoms with van der Waals surface area (Å²) in [5, 5.41) is 7.97. The maximum absolute atomic E-state index is 13.1. The highest BCUT2D eigenvalue weighted by molar-refractivity contribution is 5.77. The lowest BCUT2D eigenvalue weighted by molar-refractivity contribution is -0.274. The van der Waals surface area contributed by atoms with Crippen LogP contribution in [0.5, 0.6) is 5.75 Å². The summed E-state index contributed by atoms with van der Waals surface area (Å²) >= 11 is 0. The van der Waals surface area contributed by atoms with Crippen molar-refractivity contribution >= 4 is 6.03 Å². The maximum atomic E-state index is 13.1. The molecule has 1 unspecified atom stereocenters. The molecule has 6 nitrogen and oxygen atoms in total. The molecular weight excluding hydrogens is 409 g/mol. The Kier molecular flexibility index (Phi) is 5.92. The van der Waals surface area contributed by atoms with Crippen LogP contribution in [0.4, 0.5) is 18.0 Å². The number of hydrogen-bond donors (Lipinski definition) is 0. The molecule has 1 amide bonds. The predicted octanol–water partition coefficient (Wildman–Crippen LogP) is 4.91. The first kappa shape index (κ1) is 20.9. The first-order chi connectivity index (χ1) is 14.9. The second kappa shape index (κ2) is 8.79. The third kappa shape index (κ3) is 5.22. The molecule has 1 fully saturated rings. The number of carbonyl (C=O) groups is 1. The summed E-state index contributed by atoms with van der Waals surface area (Å²) in [6, 6.07) is 15.1. The van der Waals surface area contributed by atoms with Crippen molar-refractivity contribution in [3.8, 4) is 17.0 Å². The molecule has 162 valence electrons. The van der Waals surface area contributed by atoms with Crippen molar-refractivity contribution in [3.63, 3.8) is 0 Å². The van der Waals surface area contributed by atoms with Gasteiger partial charge in [-0.3, -0.25) is 0 Å². The number of rotatable bonds is 4. The molecule has 0 aliphatic carbocycles. The summed E-state index contributed by atoms with van der Waals surface area (Å²) in [5.41, 5.74) is 2.10. The molecule has 2 aromatic carbocycles. The van der Waals surface area contributed by atoms with E-state index in [1.165, 1.54) is 40.7 Å². The van der Waals surface area contributed by atoms with Gasteiger partial charge in [0.15, 0.2) is 0 Å². The van der Waals surface area contributed by atoms with Gasteiger partial charge in [0.2, 0.25) is 0 Å². The van der Waals surface area contributed by atoms with Crippen LogP contribution in [-0.2, 0) is 6.42 Å². The van der Waals surface area contributed by atoms with Gasteiger partial charge in [0.05, 0.1) is 6.20 Å². The molecule has 0 saturated carbocycles. The smallest absolute Gasteiger partial charge is 0.406 e. The van der Waals surface area contributed by atoms with Crippen LogP contribution in [0.25, 0.3) is 11.3 Å². The van der Waals surface area contributed by atoms with Gasteiger partial charge in [-0.25, -0.2) is 4.79 Å². The standard InChI is InChI=1S/C22H21F3N4O2/c23-22(24,25)31-19-11-9-17(10-12-19)20-15-29(27-26-20)21(30)28-13-5-4-8-18(28)14-16-6-2-1-3-7-16/h1-3,6-7,9-12,15,18H,4-5,8,13-14H2. The number of benzene rings is 2. The van der Waals surface area contributed by atoms with E-state index in [0.29, 0.717) is 17.8 Å². The van der Waals surface area contributed by atoms with Gasteiger partial charge in [0.25, 0.3) is 0 Å². The zero-order valence-corrected chi connectivity index (χ0v) is 16.6. The Hall–Kier alpha value is -3.36. The number of hydrogen-bond acceptors (Lipinski definition) is 4. The molecule has 3 aromatic rings. The van der Waals surface area contributed by atoms with Crippen molar-refractivity contribution < 1.29 is 22.7 Å². The fourth-order valence-electron chi connectivity index (χ4n) is 3.80. The minimum Gasteiger partial charge on any atom is -0.406 e. The summed E-state index contributed by atoms with van der Waals surface area (Å²) in [5.74, 6) is -0.322. The number of alkyl halides is 3. The monoisotopic (exact) mass is 430 g/mol. The zero-order valence-electron chi connectivity index (χ0n) is 16.6. The Morgan fingerprint density at radius 3 is 2.52 bits per heavy atom. The number of likely N-dealkylation sites (tertiary alicyclic amines) is 1. The van der Waals surface area contributed by atoms with E-state index in [0.717, 1.165) is 25.7 Å². The quantitative estimate of drug-likeness (QED) is 0.590. The van der Waals surface area contributed by atoms with Gasteiger partial charge in [-0.1, -0.05) is 35.5 Å². The highest BCUT2D eigenvalue weighted by Crippen LogP contribution is 2.26. The van der Waals surface area contributed by atoms with Gasteiger partial charge in [0, 0.05) is 18.2 Å². The fourth-order valence-corrected chi connectivity index (χ4v) is 3.80. The Morgan fingerprint density at radius 2 is 1.81 bits per heavy atom. The predicted molar refractivity (Wildman–Crippen MR) is 107 cm³/mol. The lowest BCUT2D eigenvalue weighted by atomic mass is 9.96. The number of ether oxygens (including phenoxy) is 1. The minimum absolute atomic E-state index is 0.0788. The van der Waals surface area contributed by atoms with E-state index < -0.39 is 6.36 Å². The molecule has 31 heavy (non-hydrogen) atoms. The van der Waals surface area contributed by atoms with Crippen LogP contribution < -0.4 is 4.74 Å². The highest BCUT2D eigenvalue weighted by Gasteiger charge is 2.31. The van der Waals surface area contributed by atoms with Crippen LogP contribution in [0.15, 0.2) is 60.8 Å². The van der Waals surface area contributed by atoms with Gasteiger partial charge < -0.3 is 9.64 Å². The highest BCUT2D eigenvalue weighted by atomic mass is 19.4. The molecule has 1 aromatic heterocycles. The largest absolute Gasteiger partial charge is 0.573 e. The number of aromatic nitrogens is 3. The second-order valence-corrected chi connectivity index (χ2v) is 7.44. The molecule has 1 atom stereocenters. The molecule has 0 spiro atoms. The van der Waals surface area contributed by atoms with Gasteiger partial charge in [-0.05, 0) is 55.5 Å². The third-order valence-electron chi connectivity index (χ3n) is 5.26. The Balaban J connectivity index is 1.48. The van der Waals surface area contributed by atoms with Gasteiger partial charge in [0.1, 0.15) is 11.4 Å². The van der Waals surface area contributed by atoms with Crippen molar-refractivity contribution in [3.05, 3.63) is 66.4 Å². The van der Waals surface area contributed by atoms with Gasteiger partial charge >= 0.3 is 12.4 Å². The number of carbonyl (C=O) groups excluding carboxylic acids is 1. The van der Waals surface area contributed by atoms with E-state index in [9.17, 15) is 18.0 Å². The summed E-state index contributed by atoms with van der Waals surface area (Å²) in [4.78, 5) is 14.9. The van der Waals surface area contributed by atoms with Crippen LogP contribution in [0.1, 0.15) is 24.8 Å². The molecule has 1 aliphatic rings. The molecule has 4 rings (SSSR count). The van der Waals surface area contributed by atoms with E-state index in [1.807, 2.05) is 23.1 Å². The summed E-state index contributed by atoms with van der Waals surface area (Å²) in [6.07, 6.45) is 0.436. The van der Waals surface area contributed by atoms with Crippen molar-refractivity contribution in [1.29, 1.82) is 0 Å². The number of piperidine rings is 1. The average Bonchev–Trinajstić information content (AvgIpc) is 3.24. The molecule has 0 bridgehead atoms. The lowest BCUT2D eigenvalue weighted by Crippen LogP contribution is -2.46. The van der Waals surface area contributed by atoms with Gasteiger partial charge in [-0.2, -0.15) is 4.68 Å². The SMILES string of the molecule is O=C(N1CCCCC1Cc1ccccc1)n1cc(-c2ccc(OC(F)(F)F)cc2)nn1. The number of halogens is 3. The first-order valence-corrected chi connectivity index (χ1v) is 10.0. The van der Waals surface area contributed by atoms with Gasteiger partial charge in [-0.15, -0.1) is 18.3 Å². The topological polar surface area (TPSA) is 60.2 Å². The number of amides is 1. The first-order valence-electron chi connectivity index (χ1n) is 10.0. The second-order valence-electron chi connectivity index (χ2n) is 7.44. The summed E-state index contributed by atoms with van der Waals surface area (Å²) < 4.78 is 42.0. The summed E-state index contributed by atoms with van der Waals surface area (Å²) in [6.45, 7) is 0.648. The summed E-state index contributed by atoms with van der Waals surface area (Å²) in [7, 11) is 0. The van der Waals surface area contributed by atoms with Crippen LogP contribution >= 0.6 is 0 Å². The van der Waals surface area contributed by atoms with Crippen molar-refractivity contribution in [1.82, 2.24) is 19.9 Å². The average molecular weight is 430 g/mol. The molecule has 2 heterocycles. The van der Waals surface area contributed by atoms with Crippen molar-refractivity contribution in [2.45, 2.75) is 38.1 Å². The molecule has 0 N–H and O–H groups in total. The molecular formula is C22H21F3N4O2.